The van der Waals surface area contributed by atoms with E-state index in [9.17, 15) is 0 Å². The van der Waals surface area contributed by atoms with Gasteiger partial charge < -0.3 is 5.73 Å². The SMILES string of the molecule is Cc1nn(C)c(C)c1-c1nc(N)c2c(n1)CCCCC2. The van der Waals surface area contributed by atoms with Gasteiger partial charge in [0.15, 0.2) is 5.82 Å². The summed E-state index contributed by atoms with van der Waals surface area (Å²) in [5.74, 6) is 1.38. The van der Waals surface area contributed by atoms with Gasteiger partial charge in [0.05, 0.1) is 11.3 Å². The average molecular weight is 271 g/mol. The Labute approximate surface area is 119 Å². The highest BCUT2D eigenvalue weighted by Gasteiger charge is 2.19. The molecule has 2 N–H and O–H groups in total. The molecule has 5 heteroatoms. The Bertz CT molecular complexity index is 657. The molecule has 0 aliphatic heterocycles. The minimum Gasteiger partial charge on any atom is -0.383 e. The number of fused-ring (bicyclic) bond motifs is 1. The van der Waals surface area contributed by atoms with Crippen molar-refractivity contribution in [1.29, 1.82) is 0 Å². The second kappa shape index (κ2) is 4.89. The van der Waals surface area contributed by atoms with Crippen LogP contribution in [-0.2, 0) is 19.9 Å². The molecule has 2 aromatic heterocycles. The summed E-state index contributed by atoms with van der Waals surface area (Å²) in [5.41, 5.74) is 11.5. The lowest BCUT2D eigenvalue weighted by Crippen LogP contribution is -2.07. The van der Waals surface area contributed by atoms with Crippen molar-refractivity contribution in [2.24, 2.45) is 7.05 Å². The minimum absolute atomic E-state index is 0.648. The molecule has 0 unspecified atom stereocenters. The Balaban J connectivity index is 2.16. The topological polar surface area (TPSA) is 69.6 Å². The van der Waals surface area contributed by atoms with E-state index in [-0.39, 0.29) is 0 Å². The fourth-order valence-corrected chi connectivity index (χ4v) is 3.01. The first-order chi connectivity index (χ1) is 9.58. The molecule has 0 saturated heterocycles. The Morgan fingerprint density at radius 1 is 1.05 bits per heavy atom. The van der Waals surface area contributed by atoms with Crippen LogP contribution in [0.4, 0.5) is 5.82 Å². The van der Waals surface area contributed by atoms with Gasteiger partial charge in [0.2, 0.25) is 0 Å². The van der Waals surface area contributed by atoms with Crippen molar-refractivity contribution in [3.05, 3.63) is 22.6 Å². The zero-order valence-corrected chi connectivity index (χ0v) is 12.4. The van der Waals surface area contributed by atoms with E-state index in [1.54, 1.807) is 0 Å². The number of aryl methyl sites for hydroxylation is 3. The van der Waals surface area contributed by atoms with Crippen LogP contribution in [0.5, 0.6) is 0 Å². The van der Waals surface area contributed by atoms with Crippen LogP contribution in [0.2, 0.25) is 0 Å². The van der Waals surface area contributed by atoms with E-state index in [0.717, 1.165) is 46.9 Å². The van der Waals surface area contributed by atoms with Crippen LogP contribution in [0.15, 0.2) is 0 Å². The standard InChI is InChI=1S/C15H21N5/c1-9-13(10(2)20(3)19-9)15-17-12-8-6-4-5-7-11(12)14(16)18-15/h4-8H2,1-3H3,(H2,16,17,18). The van der Waals surface area contributed by atoms with Crippen molar-refractivity contribution < 1.29 is 0 Å². The highest BCUT2D eigenvalue weighted by atomic mass is 15.3. The predicted octanol–water partition coefficient (Wildman–Crippen LogP) is 2.35. The third kappa shape index (κ3) is 2.07. The van der Waals surface area contributed by atoms with Gasteiger partial charge in [-0.05, 0) is 39.5 Å². The van der Waals surface area contributed by atoms with Crippen molar-refractivity contribution >= 4 is 5.82 Å². The monoisotopic (exact) mass is 271 g/mol. The molecule has 0 bridgehead atoms. The molecular weight excluding hydrogens is 250 g/mol. The van der Waals surface area contributed by atoms with Crippen LogP contribution in [0.3, 0.4) is 0 Å². The number of hydrogen-bond acceptors (Lipinski definition) is 4. The minimum atomic E-state index is 0.648. The molecule has 1 aliphatic carbocycles. The van der Waals surface area contributed by atoms with Gasteiger partial charge >= 0.3 is 0 Å². The van der Waals surface area contributed by atoms with Crippen molar-refractivity contribution in [3.8, 4) is 11.4 Å². The van der Waals surface area contributed by atoms with Crippen molar-refractivity contribution in [2.75, 3.05) is 5.73 Å². The molecule has 0 fully saturated rings. The lowest BCUT2D eigenvalue weighted by atomic mass is 10.1. The molecule has 2 heterocycles. The molecule has 3 rings (SSSR count). The Kier molecular flexibility index (Phi) is 3.20. The van der Waals surface area contributed by atoms with E-state index in [1.807, 2.05) is 25.6 Å². The number of anilines is 1. The van der Waals surface area contributed by atoms with Crippen molar-refractivity contribution in [1.82, 2.24) is 19.7 Å². The first-order valence-corrected chi connectivity index (χ1v) is 7.23. The van der Waals surface area contributed by atoms with Crippen LogP contribution in [0.1, 0.15) is 41.9 Å². The number of hydrogen-bond donors (Lipinski definition) is 1. The summed E-state index contributed by atoms with van der Waals surface area (Å²) >= 11 is 0. The van der Waals surface area contributed by atoms with Gasteiger partial charge in [-0.25, -0.2) is 9.97 Å². The summed E-state index contributed by atoms with van der Waals surface area (Å²) in [4.78, 5) is 9.34. The van der Waals surface area contributed by atoms with E-state index in [2.05, 4.69) is 10.1 Å². The molecule has 0 radical (unpaired) electrons. The third-order valence-corrected chi connectivity index (χ3v) is 4.20. The van der Waals surface area contributed by atoms with Gasteiger partial charge in [-0.3, -0.25) is 4.68 Å². The summed E-state index contributed by atoms with van der Waals surface area (Å²) in [5, 5.41) is 4.44. The van der Waals surface area contributed by atoms with Crippen molar-refractivity contribution in [3.63, 3.8) is 0 Å². The predicted molar refractivity (Wildman–Crippen MR) is 79.4 cm³/mol. The van der Waals surface area contributed by atoms with E-state index < -0.39 is 0 Å². The molecule has 0 aromatic carbocycles. The van der Waals surface area contributed by atoms with E-state index in [1.165, 1.54) is 19.3 Å². The Morgan fingerprint density at radius 3 is 2.50 bits per heavy atom. The largest absolute Gasteiger partial charge is 0.383 e. The van der Waals surface area contributed by atoms with Gasteiger partial charge in [-0.1, -0.05) is 6.42 Å². The first kappa shape index (κ1) is 13.1. The fraction of sp³-hybridized carbons (Fsp3) is 0.533. The fourth-order valence-electron chi connectivity index (χ4n) is 3.01. The number of aromatic nitrogens is 4. The van der Waals surface area contributed by atoms with E-state index in [0.29, 0.717) is 5.82 Å². The van der Waals surface area contributed by atoms with Crippen LogP contribution in [0.25, 0.3) is 11.4 Å². The average Bonchev–Trinajstić information content (AvgIpc) is 2.58. The summed E-state index contributed by atoms with van der Waals surface area (Å²) in [6.07, 6.45) is 5.63. The molecular formula is C15H21N5. The number of rotatable bonds is 1. The molecule has 20 heavy (non-hydrogen) atoms. The lowest BCUT2D eigenvalue weighted by Gasteiger charge is -2.10. The third-order valence-electron chi connectivity index (χ3n) is 4.20. The molecule has 0 saturated carbocycles. The maximum absolute atomic E-state index is 6.18. The molecule has 2 aromatic rings. The summed E-state index contributed by atoms with van der Waals surface area (Å²) in [6, 6.07) is 0. The van der Waals surface area contributed by atoms with Crippen LogP contribution < -0.4 is 5.73 Å². The second-order valence-corrected chi connectivity index (χ2v) is 5.59. The molecule has 1 aliphatic rings. The normalized spacial score (nSPS) is 14.9. The number of nitrogens with two attached hydrogens (primary N) is 1. The lowest BCUT2D eigenvalue weighted by molar-refractivity contribution is 0.709. The molecule has 0 spiro atoms. The smallest absolute Gasteiger partial charge is 0.165 e. The van der Waals surface area contributed by atoms with Crippen LogP contribution in [0, 0.1) is 13.8 Å². The highest BCUT2D eigenvalue weighted by molar-refractivity contribution is 5.64. The van der Waals surface area contributed by atoms with Crippen LogP contribution >= 0.6 is 0 Å². The molecule has 5 nitrogen and oxygen atoms in total. The number of nitrogen functional groups attached to an aromatic ring is 1. The zero-order valence-electron chi connectivity index (χ0n) is 12.4. The summed E-state index contributed by atoms with van der Waals surface area (Å²) in [6.45, 7) is 4.04. The Hall–Kier alpha value is -1.91. The van der Waals surface area contributed by atoms with Gasteiger partial charge in [0, 0.05) is 24.0 Å². The quantitative estimate of drug-likeness (QED) is 0.808. The van der Waals surface area contributed by atoms with Crippen LogP contribution in [-0.4, -0.2) is 19.7 Å². The maximum Gasteiger partial charge on any atom is 0.165 e. The van der Waals surface area contributed by atoms with Gasteiger partial charge in [-0.2, -0.15) is 5.10 Å². The molecule has 0 atom stereocenters. The zero-order chi connectivity index (χ0) is 14.3. The van der Waals surface area contributed by atoms with E-state index in [4.69, 9.17) is 10.7 Å². The van der Waals surface area contributed by atoms with Gasteiger partial charge in [0.25, 0.3) is 0 Å². The first-order valence-electron chi connectivity index (χ1n) is 7.23. The van der Waals surface area contributed by atoms with Gasteiger partial charge in [0.1, 0.15) is 5.82 Å². The Morgan fingerprint density at radius 2 is 1.80 bits per heavy atom. The number of nitrogens with zero attached hydrogens (tertiary/aromatic N) is 4. The summed E-state index contributed by atoms with van der Waals surface area (Å²) < 4.78 is 1.87. The van der Waals surface area contributed by atoms with Gasteiger partial charge in [-0.15, -0.1) is 0 Å². The molecule has 0 amide bonds. The van der Waals surface area contributed by atoms with Crippen molar-refractivity contribution in [2.45, 2.75) is 46.0 Å². The maximum atomic E-state index is 6.18. The summed E-state index contributed by atoms with van der Waals surface area (Å²) in [7, 11) is 1.94. The van der Waals surface area contributed by atoms with E-state index >= 15 is 0 Å². The highest BCUT2D eigenvalue weighted by Crippen LogP contribution is 2.29. The molecule has 106 valence electrons. The second-order valence-electron chi connectivity index (χ2n) is 5.59.